The van der Waals surface area contributed by atoms with Crippen molar-refractivity contribution in [1.29, 1.82) is 0 Å². The monoisotopic (exact) mass is 472 g/mol. The first-order valence-electron chi connectivity index (χ1n) is 8.87. The molecule has 5 rings (SSSR count). The van der Waals surface area contributed by atoms with Gasteiger partial charge in [-0.05, 0) is 24.3 Å². The van der Waals surface area contributed by atoms with Crippen molar-refractivity contribution in [3.63, 3.8) is 0 Å². The highest BCUT2D eigenvalue weighted by Crippen LogP contribution is 2.35. The fraction of sp³-hybridized carbons (Fsp3) is 0.0500. The highest BCUT2D eigenvalue weighted by Gasteiger charge is 2.35. The van der Waals surface area contributed by atoms with Gasteiger partial charge in [-0.1, -0.05) is 52.7 Å². The number of nitrogens with zero attached hydrogens (tertiary/aromatic N) is 4. The van der Waals surface area contributed by atoms with Crippen LogP contribution >= 0.6 is 34.5 Å². The maximum Gasteiger partial charge on any atom is 0.323 e. The predicted molar refractivity (Wildman–Crippen MR) is 117 cm³/mol. The third-order valence-corrected chi connectivity index (χ3v) is 6.35. The topological polar surface area (TPSA) is 105 Å². The Morgan fingerprint density at radius 3 is 2.58 bits per heavy atom. The van der Waals surface area contributed by atoms with Crippen LogP contribution < -0.4 is 15.0 Å². The van der Waals surface area contributed by atoms with Crippen molar-refractivity contribution in [2.45, 2.75) is 0 Å². The Morgan fingerprint density at radius 2 is 1.87 bits per heavy atom. The Bertz CT molecular complexity index is 1530. The van der Waals surface area contributed by atoms with Crippen LogP contribution in [0.4, 0.5) is 5.69 Å². The molecule has 1 aliphatic heterocycles. The summed E-state index contributed by atoms with van der Waals surface area (Å²) in [4.78, 5) is 43.2. The van der Waals surface area contributed by atoms with E-state index < -0.39 is 24.0 Å². The van der Waals surface area contributed by atoms with E-state index in [1.807, 2.05) is 0 Å². The van der Waals surface area contributed by atoms with E-state index in [-0.39, 0.29) is 20.9 Å². The summed E-state index contributed by atoms with van der Waals surface area (Å²) < 4.78 is 1.26. The van der Waals surface area contributed by atoms with Crippen molar-refractivity contribution in [3.05, 3.63) is 73.0 Å². The maximum atomic E-state index is 13.1. The van der Waals surface area contributed by atoms with Gasteiger partial charge in [0.25, 0.3) is 11.5 Å². The number of fused-ring (bicyclic) bond motifs is 2. The van der Waals surface area contributed by atoms with Crippen LogP contribution in [0.2, 0.25) is 10.0 Å². The van der Waals surface area contributed by atoms with Crippen molar-refractivity contribution >= 4 is 62.6 Å². The molecular weight excluding hydrogens is 463 g/mol. The Labute approximate surface area is 187 Å². The lowest BCUT2D eigenvalue weighted by Crippen LogP contribution is -2.35. The van der Waals surface area contributed by atoms with E-state index in [4.69, 9.17) is 23.2 Å². The number of halogens is 2. The van der Waals surface area contributed by atoms with Crippen LogP contribution in [0.15, 0.2) is 47.3 Å². The van der Waals surface area contributed by atoms with Crippen LogP contribution in [0.25, 0.3) is 21.9 Å². The molecule has 11 heteroatoms. The molecule has 0 bridgehead atoms. The molecule has 3 heterocycles. The summed E-state index contributed by atoms with van der Waals surface area (Å²) >= 11 is 13.2. The summed E-state index contributed by atoms with van der Waals surface area (Å²) in [5, 5.41) is 14.2. The van der Waals surface area contributed by atoms with E-state index in [0.29, 0.717) is 26.9 Å². The Kier molecular flexibility index (Phi) is 4.54. The lowest BCUT2D eigenvalue weighted by atomic mass is 10.1. The number of thiazole rings is 1. The zero-order chi connectivity index (χ0) is 21.9. The number of hydrogen-bond donors (Lipinski definition) is 1. The summed E-state index contributed by atoms with van der Waals surface area (Å²) in [6.07, 6.45) is 0. The van der Waals surface area contributed by atoms with Crippen LogP contribution in [0.5, 0.6) is 0 Å². The van der Waals surface area contributed by atoms with Crippen LogP contribution in [0, 0.1) is 0 Å². The minimum atomic E-state index is -1.15. The number of para-hydroxylation sites is 1. The summed E-state index contributed by atoms with van der Waals surface area (Å²) in [7, 11) is 0. The zero-order valence-electron chi connectivity index (χ0n) is 15.4. The first kappa shape index (κ1) is 19.7. The number of aromatic nitrogens is 3. The second kappa shape index (κ2) is 7.16. The quantitative estimate of drug-likeness (QED) is 0.490. The van der Waals surface area contributed by atoms with Gasteiger partial charge in [0.2, 0.25) is 4.96 Å². The molecule has 4 aromatic rings. The van der Waals surface area contributed by atoms with Crippen LogP contribution in [-0.2, 0) is 9.59 Å². The highest BCUT2D eigenvalue weighted by atomic mass is 35.5. The van der Waals surface area contributed by atoms with Gasteiger partial charge < -0.3 is 5.11 Å². The normalized spacial score (nSPS) is 15.0. The summed E-state index contributed by atoms with van der Waals surface area (Å²) in [5.41, 5.74) is 1.09. The molecule has 2 aromatic heterocycles. The number of amides is 1. The highest BCUT2D eigenvalue weighted by molar-refractivity contribution is 7.15. The molecule has 31 heavy (non-hydrogen) atoms. The first-order chi connectivity index (χ1) is 14.8. The number of rotatable bonds is 3. The molecule has 0 saturated carbocycles. The van der Waals surface area contributed by atoms with Gasteiger partial charge in [-0.25, -0.2) is 0 Å². The van der Waals surface area contributed by atoms with Gasteiger partial charge in [-0.2, -0.15) is 9.50 Å². The first-order valence-corrected chi connectivity index (χ1v) is 10.4. The average molecular weight is 473 g/mol. The van der Waals surface area contributed by atoms with Gasteiger partial charge in [0.05, 0.1) is 16.3 Å². The number of carboxylic acid groups (broad SMARTS) is 1. The third kappa shape index (κ3) is 3.09. The number of anilines is 1. The molecule has 1 N–H and O–H groups in total. The molecule has 154 valence electrons. The zero-order valence-corrected chi connectivity index (χ0v) is 17.7. The van der Waals surface area contributed by atoms with Gasteiger partial charge in [-0.15, -0.1) is 5.10 Å². The Morgan fingerprint density at radius 1 is 1.10 bits per heavy atom. The molecule has 8 nitrogen and oxygen atoms in total. The van der Waals surface area contributed by atoms with E-state index in [2.05, 4.69) is 10.1 Å². The van der Waals surface area contributed by atoms with E-state index in [1.54, 1.807) is 42.5 Å². The Hall–Kier alpha value is -3.27. The van der Waals surface area contributed by atoms with Gasteiger partial charge in [0, 0.05) is 16.1 Å². The molecule has 0 saturated heterocycles. The largest absolute Gasteiger partial charge is 0.480 e. The predicted octanol–water partition coefficient (Wildman–Crippen LogP) is 2.47. The van der Waals surface area contributed by atoms with Gasteiger partial charge >= 0.3 is 5.97 Å². The molecule has 1 amide bonds. The minimum absolute atomic E-state index is 0.144. The number of carboxylic acids is 1. The van der Waals surface area contributed by atoms with Gasteiger partial charge in [-0.3, -0.25) is 19.3 Å². The van der Waals surface area contributed by atoms with Gasteiger partial charge in [0.15, 0.2) is 5.82 Å². The number of hydrogen-bond acceptors (Lipinski definition) is 6. The number of aliphatic carboxylic acids is 1. The number of carbonyl (C=O) groups excluding carboxylic acids is 1. The van der Waals surface area contributed by atoms with E-state index in [9.17, 15) is 19.5 Å². The van der Waals surface area contributed by atoms with Crippen molar-refractivity contribution < 1.29 is 14.7 Å². The molecule has 1 aliphatic rings. The summed E-state index contributed by atoms with van der Waals surface area (Å²) in [6.45, 7) is -0.506. The summed E-state index contributed by atoms with van der Waals surface area (Å²) in [6, 6.07) is 11.6. The lowest BCUT2D eigenvalue weighted by molar-refractivity contribution is -0.136. The molecule has 0 aliphatic carbocycles. The third-order valence-electron chi connectivity index (χ3n) is 4.77. The van der Waals surface area contributed by atoms with Gasteiger partial charge in [0.1, 0.15) is 11.1 Å². The van der Waals surface area contributed by atoms with E-state index in [0.717, 1.165) is 20.8 Å². The molecular formula is C20H10Cl2N4O4S. The van der Waals surface area contributed by atoms with Crippen LogP contribution in [0.1, 0.15) is 5.56 Å². The van der Waals surface area contributed by atoms with E-state index >= 15 is 0 Å². The molecule has 0 radical (unpaired) electrons. The SMILES string of the molecule is O=C(O)CN1C(=O)/C(=c2\sc3nc(-c4ccc(Cl)cc4Cl)nn3c2=O)c2ccccc21. The molecule has 2 aromatic carbocycles. The molecule has 0 fully saturated rings. The molecule has 0 unspecified atom stereocenters. The van der Waals surface area contributed by atoms with Crippen LogP contribution in [-0.4, -0.2) is 38.1 Å². The molecule has 0 atom stereocenters. The van der Waals surface area contributed by atoms with Crippen molar-refractivity contribution in [3.8, 4) is 11.4 Å². The fourth-order valence-corrected chi connectivity index (χ4v) is 4.95. The average Bonchev–Trinajstić information content (AvgIpc) is 3.34. The fourth-order valence-electron chi connectivity index (χ4n) is 3.46. The smallest absolute Gasteiger partial charge is 0.323 e. The van der Waals surface area contributed by atoms with Crippen LogP contribution in [0.3, 0.4) is 0 Å². The Balaban J connectivity index is 1.71. The van der Waals surface area contributed by atoms with Crippen molar-refractivity contribution in [2.75, 3.05) is 11.4 Å². The minimum Gasteiger partial charge on any atom is -0.480 e. The summed E-state index contributed by atoms with van der Waals surface area (Å²) in [5.74, 6) is -1.45. The maximum absolute atomic E-state index is 13.1. The standard InChI is InChI=1S/C20H10Cl2N4O4S/c21-9-5-6-10(12(22)7-9)17-23-20-26(24-17)19(30)16(31-20)15-11-3-1-2-4-13(11)25(18(15)29)8-14(27)28/h1-7H,8H2,(H,27,28)/b16-15-. The van der Waals surface area contributed by atoms with E-state index in [1.165, 1.54) is 0 Å². The second-order valence-electron chi connectivity index (χ2n) is 6.67. The number of benzene rings is 2. The van der Waals surface area contributed by atoms with Crippen molar-refractivity contribution in [2.24, 2.45) is 0 Å². The van der Waals surface area contributed by atoms with Crippen molar-refractivity contribution in [1.82, 2.24) is 14.6 Å². The lowest BCUT2D eigenvalue weighted by Gasteiger charge is -2.13. The second-order valence-corrected chi connectivity index (χ2v) is 8.49. The molecule has 0 spiro atoms. The number of carbonyl (C=O) groups is 2.